The highest BCUT2D eigenvalue weighted by Gasteiger charge is 2.16. The summed E-state index contributed by atoms with van der Waals surface area (Å²) in [6.07, 6.45) is 0. The molecule has 0 aliphatic carbocycles. The number of fused-ring (bicyclic) bond motifs is 1. The Morgan fingerprint density at radius 2 is 1.73 bits per heavy atom. The summed E-state index contributed by atoms with van der Waals surface area (Å²) in [6.45, 7) is 1.94. The number of methoxy groups -OCH3 is 2. The largest absolute Gasteiger partial charge is 0.493 e. The predicted molar refractivity (Wildman–Crippen MR) is 132 cm³/mol. The Bertz CT molecular complexity index is 1500. The molecule has 2 aromatic heterocycles. The van der Waals surface area contributed by atoms with E-state index in [1.165, 1.54) is 28.8 Å². The fourth-order valence-electron chi connectivity index (χ4n) is 3.40. The summed E-state index contributed by atoms with van der Waals surface area (Å²) in [7, 11) is -0.705. The SMILES string of the molecule is CCOC(=O)c1ccc(S(=O)(=O)NCCOc2ccc3nnc(-c4ccc(OC)c(OC)c4)n3n2)cc1. The summed E-state index contributed by atoms with van der Waals surface area (Å²) in [5, 5.41) is 12.8. The van der Waals surface area contributed by atoms with Crippen LogP contribution in [0.3, 0.4) is 0 Å². The zero-order valence-corrected chi connectivity index (χ0v) is 21.2. The van der Waals surface area contributed by atoms with Gasteiger partial charge in [-0.2, -0.15) is 4.52 Å². The number of sulfonamides is 1. The van der Waals surface area contributed by atoms with Crippen molar-refractivity contribution in [3.8, 4) is 28.8 Å². The molecule has 0 fully saturated rings. The molecule has 194 valence electrons. The number of hydrogen-bond donors (Lipinski definition) is 1. The number of ether oxygens (including phenoxy) is 4. The standard InChI is InChI=1S/C24H25N5O7S/c1-4-35-24(30)16-5-8-18(9-6-16)37(31,32)25-13-14-36-22-12-11-21-26-27-23(29(21)28-22)17-7-10-19(33-2)20(15-17)34-3/h5-12,15,25H,4,13-14H2,1-3H3. The molecule has 0 unspecified atom stereocenters. The number of hydrogen-bond acceptors (Lipinski definition) is 10. The molecular formula is C24H25N5O7S. The van der Waals surface area contributed by atoms with Crippen LogP contribution in [0, 0.1) is 0 Å². The van der Waals surface area contributed by atoms with Gasteiger partial charge in [-0.3, -0.25) is 0 Å². The van der Waals surface area contributed by atoms with E-state index in [1.54, 1.807) is 51.5 Å². The summed E-state index contributed by atoms with van der Waals surface area (Å²) >= 11 is 0. The number of rotatable bonds is 11. The van der Waals surface area contributed by atoms with Gasteiger partial charge in [-0.15, -0.1) is 15.3 Å². The van der Waals surface area contributed by atoms with Crippen molar-refractivity contribution in [1.82, 2.24) is 24.5 Å². The summed E-state index contributed by atoms with van der Waals surface area (Å²) in [5.41, 5.74) is 1.48. The molecule has 0 amide bonds. The second kappa shape index (κ2) is 11.2. The molecule has 4 rings (SSSR count). The van der Waals surface area contributed by atoms with Crippen molar-refractivity contribution in [2.24, 2.45) is 0 Å². The van der Waals surface area contributed by atoms with Gasteiger partial charge in [-0.05, 0) is 55.5 Å². The van der Waals surface area contributed by atoms with Gasteiger partial charge in [-0.1, -0.05) is 0 Å². The lowest BCUT2D eigenvalue weighted by atomic mass is 10.2. The number of esters is 1. The number of nitrogens with one attached hydrogen (secondary N) is 1. The van der Waals surface area contributed by atoms with Crippen LogP contribution in [0.15, 0.2) is 59.5 Å². The summed E-state index contributed by atoms with van der Waals surface area (Å²) in [4.78, 5) is 11.8. The van der Waals surface area contributed by atoms with Crippen LogP contribution in [0.1, 0.15) is 17.3 Å². The van der Waals surface area contributed by atoms with Crippen LogP contribution in [-0.2, 0) is 14.8 Å². The first kappa shape index (κ1) is 25.9. The molecule has 12 nitrogen and oxygen atoms in total. The monoisotopic (exact) mass is 527 g/mol. The van der Waals surface area contributed by atoms with E-state index in [1.807, 2.05) is 0 Å². The van der Waals surface area contributed by atoms with Gasteiger partial charge in [0, 0.05) is 18.2 Å². The Kier molecular flexibility index (Phi) is 7.84. The maximum Gasteiger partial charge on any atom is 0.338 e. The molecule has 2 heterocycles. The highest BCUT2D eigenvalue weighted by Crippen LogP contribution is 2.31. The molecule has 0 spiro atoms. The quantitative estimate of drug-likeness (QED) is 0.228. The third-order valence-electron chi connectivity index (χ3n) is 5.20. The zero-order valence-electron chi connectivity index (χ0n) is 20.4. The number of nitrogens with zero attached hydrogens (tertiary/aromatic N) is 4. The Morgan fingerprint density at radius 1 is 0.973 bits per heavy atom. The van der Waals surface area contributed by atoms with Crippen molar-refractivity contribution in [2.75, 3.05) is 34.0 Å². The van der Waals surface area contributed by atoms with Gasteiger partial charge < -0.3 is 18.9 Å². The number of carbonyl (C=O) groups excluding carboxylic acids is 1. The fourth-order valence-corrected chi connectivity index (χ4v) is 4.42. The van der Waals surface area contributed by atoms with Crippen molar-refractivity contribution in [2.45, 2.75) is 11.8 Å². The molecule has 0 saturated carbocycles. The van der Waals surface area contributed by atoms with Crippen molar-refractivity contribution in [3.63, 3.8) is 0 Å². The van der Waals surface area contributed by atoms with E-state index < -0.39 is 16.0 Å². The second-order valence-corrected chi connectivity index (χ2v) is 9.29. The fraction of sp³-hybridized carbons (Fsp3) is 0.250. The Morgan fingerprint density at radius 3 is 2.43 bits per heavy atom. The molecule has 0 radical (unpaired) electrons. The van der Waals surface area contributed by atoms with Crippen LogP contribution in [0.4, 0.5) is 0 Å². The first-order valence-corrected chi connectivity index (χ1v) is 12.7. The molecule has 0 atom stereocenters. The van der Waals surface area contributed by atoms with E-state index >= 15 is 0 Å². The number of aromatic nitrogens is 4. The Hall–Kier alpha value is -4.23. The minimum Gasteiger partial charge on any atom is -0.493 e. The van der Waals surface area contributed by atoms with Gasteiger partial charge in [0.25, 0.3) is 0 Å². The van der Waals surface area contributed by atoms with E-state index in [-0.39, 0.29) is 36.1 Å². The number of benzene rings is 2. The minimum atomic E-state index is -3.80. The first-order chi connectivity index (χ1) is 17.9. The predicted octanol–water partition coefficient (Wildman–Crippen LogP) is 2.34. The lowest BCUT2D eigenvalue weighted by molar-refractivity contribution is 0.0526. The molecule has 2 aromatic carbocycles. The van der Waals surface area contributed by atoms with E-state index in [0.717, 1.165) is 0 Å². The van der Waals surface area contributed by atoms with Gasteiger partial charge in [-0.25, -0.2) is 17.9 Å². The van der Waals surface area contributed by atoms with Gasteiger partial charge in [0.2, 0.25) is 15.9 Å². The first-order valence-electron chi connectivity index (χ1n) is 11.2. The highest BCUT2D eigenvalue weighted by molar-refractivity contribution is 7.89. The molecule has 0 bridgehead atoms. The summed E-state index contributed by atoms with van der Waals surface area (Å²) < 4.78 is 50.3. The molecule has 4 aromatic rings. The van der Waals surface area contributed by atoms with Crippen LogP contribution in [0.2, 0.25) is 0 Å². The molecule has 37 heavy (non-hydrogen) atoms. The molecule has 13 heteroatoms. The van der Waals surface area contributed by atoms with E-state index in [4.69, 9.17) is 18.9 Å². The van der Waals surface area contributed by atoms with Crippen LogP contribution in [-0.4, -0.2) is 68.2 Å². The normalized spacial score (nSPS) is 11.3. The van der Waals surface area contributed by atoms with Gasteiger partial charge in [0.1, 0.15) is 6.61 Å². The van der Waals surface area contributed by atoms with Crippen molar-refractivity contribution < 1.29 is 32.2 Å². The topological polar surface area (TPSA) is 143 Å². The van der Waals surface area contributed by atoms with Crippen molar-refractivity contribution in [1.29, 1.82) is 0 Å². The second-order valence-electron chi connectivity index (χ2n) is 7.53. The van der Waals surface area contributed by atoms with Gasteiger partial charge in [0.15, 0.2) is 23.0 Å². The lowest BCUT2D eigenvalue weighted by Gasteiger charge is -2.10. The van der Waals surface area contributed by atoms with E-state index in [0.29, 0.717) is 28.5 Å². The zero-order chi connectivity index (χ0) is 26.4. The van der Waals surface area contributed by atoms with Gasteiger partial charge >= 0.3 is 5.97 Å². The van der Waals surface area contributed by atoms with Crippen molar-refractivity contribution >= 4 is 21.6 Å². The van der Waals surface area contributed by atoms with Crippen LogP contribution < -0.4 is 18.9 Å². The third kappa shape index (κ3) is 5.78. The average molecular weight is 528 g/mol. The lowest BCUT2D eigenvalue weighted by Crippen LogP contribution is -2.28. The third-order valence-corrected chi connectivity index (χ3v) is 6.68. The minimum absolute atomic E-state index is 0.00755. The smallest absolute Gasteiger partial charge is 0.338 e. The molecule has 0 aliphatic rings. The summed E-state index contributed by atoms with van der Waals surface area (Å²) in [5.74, 6) is 1.32. The maximum absolute atomic E-state index is 12.6. The molecular weight excluding hydrogens is 502 g/mol. The maximum atomic E-state index is 12.6. The Labute approximate surface area is 213 Å². The molecule has 1 N–H and O–H groups in total. The number of carbonyl (C=O) groups is 1. The molecule has 0 aliphatic heterocycles. The van der Waals surface area contributed by atoms with E-state index in [9.17, 15) is 13.2 Å². The van der Waals surface area contributed by atoms with Crippen LogP contribution in [0.25, 0.3) is 17.0 Å². The highest BCUT2D eigenvalue weighted by atomic mass is 32.2. The summed E-state index contributed by atoms with van der Waals surface area (Å²) in [6, 6.07) is 14.1. The average Bonchev–Trinajstić information content (AvgIpc) is 3.34. The van der Waals surface area contributed by atoms with E-state index in [2.05, 4.69) is 20.0 Å². The van der Waals surface area contributed by atoms with Crippen molar-refractivity contribution in [3.05, 3.63) is 60.2 Å². The molecule has 0 saturated heterocycles. The Balaban J connectivity index is 1.40. The van der Waals surface area contributed by atoms with Crippen LogP contribution in [0.5, 0.6) is 17.4 Å². The van der Waals surface area contributed by atoms with Crippen LogP contribution >= 0.6 is 0 Å². The van der Waals surface area contributed by atoms with Gasteiger partial charge in [0.05, 0.1) is 31.3 Å².